The van der Waals surface area contributed by atoms with Gasteiger partial charge >= 0.3 is 6.18 Å². The molecule has 1 N–H and O–H groups in total. The first kappa shape index (κ1) is 25.8. The van der Waals surface area contributed by atoms with E-state index in [1.54, 1.807) is 19.1 Å². The van der Waals surface area contributed by atoms with Crippen molar-refractivity contribution in [2.45, 2.75) is 26.6 Å². The van der Waals surface area contributed by atoms with Crippen molar-refractivity contribution < 1.29 is 27.6 Å². The number of benzene rings is 3. The lowest BCUT2D eigenvalue weighted by Gasteiger charge is -2.14. The molecule has 0 fully saturated rings. The summed E-state index contributed by atoms with van der Waals surface area (Å²) in [4.78, 5) is 10.3. The van der Waals surface area contributed by atoms with Crippen LogP contribution in [0.2, 0.25) is 5.02 Å². The van der Waals surface area contributed by atoms with Crippen molar-refractivity contribution in [1.29, 1.82) is 0 Å². The summed E-state index contributed by atoms with van der Waals surface area (Å²) < 4.78 is 50.1. The molecule has 3 rings (SSSR count). The van der Waals surface area contributed by atoms with Gasteiger partial charge in [0.1, 0.15) is 12.3 Å². The van der Waals surface area contributed by atoms with Gasteiger partial charge in [-0.3, -0.25) is 15.5 Å². The molecule has 0 amide bonds. The normalized spacial score (nSPS) is 11.5. The molecule has 0 spiro atoms. The number of hydrogen-bond donors (Lipinski definition) is 1. The highest BCUT2D eigenvalue weighted by atomic mass is 35.5. The topological polar surface area (TPSA) is 86.0 Å². The van der Waals surface area contributed by atoms with E-state index in [1.807, 2.05) is 31.2 Å². The summed E-state index contributed by atoms with van der Waals surface area (Å²) in [5.74, 6) is 0.714. The van der Waals surface area contributed by atoms with E-state index in [0.717, 1.165) is 23.3 Å². The molecule has 0 aliphatic carbocycles. The standard InChI is InChI=1S/C24H21ClF3N3O4/c1-3-34-22-11-17(10-19(25)23(22)35-14-16-6-4-15(2)5-7-16)13-29-30-20-9-8-18(24(26,27)28)12-21(20)31(32)33/h4-13,30H,3,14H2,1-2H3/b29-13-. The molecule has 11 heteroatoms. The monoisotopic (exact) mass is 507 g/mol. The number of hydrazone groups is 1. The first-order chi connectivity index (χ1) is 16.6. The van der Waals surface area contributed by atoms with Gasteiger partial charge in [0.25, 0.3) is 5.69 Å². The average Bonchev–Trinajstić information content (AvgIpc) is 2.79. The Morgan fingerprint density at radius 2 is 1.83 bits per heavy atom. The van der Waals surface area contributed by atoms with Crippen LogP contribution in [-0.2, 0) is 12.8 Å². The SMILES string of the molecule is CCOc1cc(/C=N\Nc2ccc(C(F)(F)F)cc2[N+](=O)[O-])cc(Cl)c1OCc1ccc(C)cc1. The molecule has 0 bridgehead atoms. The van der Waals surface area contributed by atoms with E-state index < -0.39 is 22.4 Å². The third-order valence-corrected chi connectivity index (χ3v) is 5.04. The molecule has 184 valence electrons. The number of alkyl halides is 3. The third-order valence-electron chi connectivity index (χ3n) is 4.76. The Kier molecular flexibility index (Phi) is 8.18. The minimum atomic E-state index is -4.71. The zero-order chi connectivity index (χ0) is 25.6. The number of hydrogen-bond acceptors (Lipinski definition) is 6. The van der Waals surface area contributed by atoms with Crippen LogP contribution in [0.15, 0.2) is 59.7 Å². The van der Waals surface area contributed by atoms with Gasteiger partial charge in [0.05, 0.1) is 28.3 Å². The van der Waals surface area contributed by atoms with Gasteiger partial charge in [0.15, 0.2) is 11.5 Å². The Hall–Kier alpha value is -3.79. The lowest BCUT2D eigenvalue weighted by molar-refractivity contribution is -0.384. The number of nitro groups is 1. The van der Waals surface area contributed by atoms with E-state index in [4.69, 9.17) is 21.1 Å². The summed E-state index contributed by atoms with van der Waals surface area (Å²) in [7, 11) is 0. The van der Waals surface area contributed by atoms with Crippen molar-refractivity contribution in [3.63, 3.8) is 0 Å². The predicted molar refractivity (Wildman–Crippen MR) is 127 cm³/mol. The Morgan fingerprint density at radius 1 is 1.11 bits per heavy atom. The van der Waals surface area contributed by atoms with Crippen LogP contribution < -0.4 is 14.9 Å². The highest BCUT2D eigenvalue weighted by Crippen LogP contribution is 2.37. The highest BCUT2D eigenvalue weighted by Gasteiger charge is 2.33. The summed E-state index contributed by atoms with van der Waals surface area (Å²) in [6.07, 6.45) is -3.40. The van der Waals surface area contributed by atoms with Gasteiger partial charge < -0.3 is 9.47 Å². The van der Waals surface area contributed by atoms with E-state index in [9.17, 15) is 23.3 Å². The smallest absolute Gasteiger partial charge is 0.416 e. The van der Waals surface area contributed by atoms with Crippen LogP contribution in [0.25, 0.3) is 0 Å². The second-order valence-corrected chi connectivity index (χ2v) is 7.80. The molecular weight excluding hydrogens is 487 g/mol. The number of nitrogens with zero attached hydrogens (tertiary/aromatic N) is 2. The molecule has 0 unspecified atom stereocenters. The molecule has 0 saturated heterocycles. The maximum Gasteiger partial charge on any atom is 0.416 e. The van der Waals surface area contributed by atoms with Crippen molar-refractivity contribution in [2.24, 2.45) is 5.10 Å². The predicted octanol–water partition coefficient (Wildman–Crippen LogP) is 7.00. The zero-order valence-corrected chi connectivity index (χ0v) is 19.5. The van der Waals surface area contributed by atoms with Crippen LogP contribution in [0.3, 0.4) is 0 Å². The molecule has 0 heterocycles. The molecule has 35 heavy (non-hydrogen) atoms. The molecule has 0 aromatic heterocycles. The third kappa shape index (κ3) is 6.86. The molecule has 0 radical (unpaired) electrons. The van der Waals surface area contributed by atoms with E-state index >= 15 is 0 Å². The lowest BCUT2D eigenvalue weighted by Crippen LogP contribution is -2.06. The number of aryl methyl sites for hydroxylation is 1. The first-order valence-corrected chi connectivity index (χ1v) is 10.8. The van der Waals surface area contributed by atoms with Crippen molar-refractivity contribution in [2.75, 3.05) is 12.0 Å². The number of anilines is 1. The minimum absolute atomic E-state index is 0.201. The van der Waals surface area contributed by atoms with E-state index in [2.05, 4.69) is 10.5 Å². The maximum atomic E-state index is 12.9. The van der Waals surface area contributed by atoms with Gasteiger partial charge in [-0.25, -0.2) is 0 Å². The van der Waals surface area contributed by atoms with Crippen molar-refractivity contribution >= 4 is 29.2 Å². The van der Waals surface area contributed by atoms with E-state index in [-0.39, 0.29) is 17.3 Å². The molecule has 3 aromatic rings. The van der Waals surface area contributed by atoms with Crippen molar-refractivity contribution in [3.05, 3.63) is 92.0 Å². The summed E-state index contributed by atoms with van der Waals surface area (Å²) in [5, 5.41) is 15.4. The summed E-state index contributed by atoms with van der Waals surface area (Å²) >= 11 is 6.40. The maximum absolute atomic E-state index is 12.9. The van der Waals surface area contributed by atoms with Crippen LogP contribution in [-0.4, -0.2) is 17.7 Å². The van der Waals surface area contributed by atoms with Crippen LogP contribution in [0.1, 0.15) is 29.2 Å². The molecule has 0 atom stereocenters. The highest BCUT2D eigenvalue weighted by molar-refractivity contribution is 6.32. The zero-order valence-electron chi connectivity index (χ0n) is 18.7. The van der Waals surface area contributed by atoms with Crippen molar-refractivity contribution in [1.82, 2.24) is 0 Å². The molecule has 7 nitrogen and oxygen atoms in total. The van der Waals surface area contributed by atoms with Gasteiger partial charge in [0.2, 0.25) is 0 Å². The summed E-state index contributed by atoms with van der Waals surface area (Å²) in [5.41, 5.74) is 2.86. The number of ether oxygens (including phenoxy) is 2. The number of halogens is 4. The Balaban J connectivity index is 1.79. The second kappa shape index (κ2) is 11.1. The number of nitro benzene ring substituents is 1. The van der Waals surface area contributed by atoms with E-state index in [0.29, 0.717) is 29.7 Å². The molecule has 0 aliphatic heterocycles. The van der Waals surface area contributed by atoms with Crippen LogP contribution in [0.5, 0.6) is 11.5 Å². The average molecular weight is 508 g/mol. The van der Waals surface area contributed by atoms with Crippen LogP contribution >= 0.6 is 11.6 Å². The fourth-order valence-corrected chi connectivity index (χ4v) is 3.31. The fraction of sp³-hybridized carbons (Fsp3) is 0.208. The summed E-state index contributed by atoms with van der Waals surface area (Å²) in [6.45, 7) is 4.39. The molecule has 0 saturated carbocycles. The first-order valence-electron chi connectivity index (χ1n) is 10.4. The minimum Gasteiger partial charge on any atom is -0.490 e. The second-order valence-electron chi connectivity index (χ2n) is 7.39. The number of nitrogens with one attached hydrogen (secondary N) is 1. The van der Waals surface area contributed by atoms with Gasteiger partial charge in [-0.05, 0) is 49.2 Å². The van der Waals surface area contributed by atoms with Crippen LogP contribution in [0, 0.1) is 17.0 Å². The summed E-state index contributed by atoms with van der Waals surface area (Å²) in [6, 6.07) is 13.1. The lowest BCUT2D eigenvalue weighted by atomic mass is 10.1. The largest absolute Gasteiger partial charge is 0.490 e. The fourth-order valence-electron chi connectivity index (χ4n) is 3.04. The Bertz CT molecular complexity index is 1230. The van der Waals surface area contributed by atoms with E-state index in [1.165, 1.54) is 6.21 Å². The number of rotatable bonds is 9. The Labute approximate surface area is 204 Å². The molecule has 0 aliphatic rings. The molecule has 3 aromatic carbocycles. The van der Waals surface area contributed by atoms with Gasteiger partial charge in [-0.15, -0.1) is 0 Å². The van der Waals surface area contributed by atoms with Gasteiger partial charge in [-0.2, -0.15) is 18.3 Å². The van der Waals surface area contributed by atoms with Crippen LogP contribution in [0.4, 0.5) is 24.5 Å². The van der Waals surface area contributed by atoms with Gasteiger partial charge in [-0.1, -0.05) is 41.4 Å². The quantitative estimate of drug-likeness (QED) is 0.191. The molecular formula is C24H21ClF3N3O4. The van der Waals surface area contributed by atoms with Crippen molar-refractivity contribution in [3.8, 4) is 11.5 Å². The van der Waals surface area contributed by atoms with Gasteiger partial charge in [0, 0.05) is 6.07 Å². The Morgan fingerprint density at radius 3 is 2.46 bits per heavy atom.